The van der Waals surface area contributed by atoms with Crippen LogP contribution in [-0.4, -0.2) is 85.1 Å². The van der Waals surface area contributed by atoms with Crippen LogP contribution in [0.25, 0.3) is 0 Å². The van der Waals surface area contributed by atoms with Crippen LogP contribution in [0.3, 0.4) is 0 Å². The minimum absolute atomic E-state index is 0.0286. The van der Waals surface area contributed by atoms with Gasteiger partial charge in [-0.2, -0.15) is 0 Å². The molecular formula is C42H55O12P. The molecule has 8 rings (SSSR count). The van der Waals surface area contributed by atoms with E-state index < -0.39 is 77.7 Å². The molecule has 6 fully saturated rings. The van der Waals surface area contributed by atoms with Crippen LogP contribution in [0.5, 0.6) is 0 Å². The number of allylic oxidation sites excluding steroid dienone is 8. The molecule has 5 N–H and O–H groups in total. The van der Waals surface area contributed by atoms with Crippen molar-refractivity contribution in [3.8, 4) is 0 Å². The van der Waals surface area contributed by atoms with E-state index in [1.807, 2.05) is 26.0 Å². The summed E-state index contributed by atoms with van der Waals surface area (Å²) in [7, 11) is -5.04. The van der Waals surface area contributed by atoms with Gasteiger partial charge in [0, 0.05) is 33.5 Å². The number of ketones is 4. The molecule has 0 aliphatic heterocycles. The number of Topliss-reactive ketones (excluding diaryl/α,β-unsaturated/α-hetero) is 2. The zero-order chi connectivity index (χ0) is 39.7. The molecular weight excluding hydrogens is 727 g/mol. The van der Waals surface area contributed by atoms with Gasteiger partial charge in [-0.3, -0.25) is 28.2 Å². The van der Waals surface area contributed by atoms with Crippen LogP contribution in [-0.2, 0) is 32.8 Å². The molecule has 0 spiro atoms. The number of phosphoric acid groups is 1. The summed E-state index contributed by atoms with van der Waals surface area (Å²) in [6.07, 6.45) is 12.6. The second-order valence-corrected chi connectivity index (χ2v) is 20.5. The van der Waals surface area contributed by atoms with Crippen molar-refractivity contribution in [2.24, 2.45) is 57.2 Å². The largest absolute Gasteiger partial charge is 0.473 e. The number of carbonyl (C=O) groups excluding carboxylic acids is 4. The van der Waals surface area contributed by atoms with Crippen molar-refractivity contribution >= 4 is 31.0 Å². The summed E-state index contributed by atoms with van der Waals surface area (Å²) in [6.45, 7) is 5.73. The van der Waals surface area contributed by atoms with E-state index in [2.05, 4.69) is 0 Å². The van der Waals surface area contributed by atoms with E-state index in [9.17, 15) is 49.1 Å². The maximum Gasteiger partial charge on any atom is 0.473 e. The van der Waals surface area contributed by atoms with Crippen LogP contribution in [0.4, 0.5) is 0 Å². The fourth-order valence-corrected chi connectivity index (χ4v) is 14.8. The maximum absolute atomic E-state index is 13.8. The van der Waals surface area contributed by atoms with Gasteiger partial charge in [-0.25, -0.2) is 4.57 Å². The lowest BCUT2D eigenvalue weighted by molar-refractivity contribution is -0.179. The number of fused-ring (bicyclic) bond motifs is 10. The van der Waals surface area contributed by atoms with E-state index >= 15 is 0 Å². The van der Waals surface area contributed by atoms with Crippen molar-refractivity contribution in [1.82, 2.24) is 0 Å². The van der Waals surface area contributed by atoms with Crippen LogP contribution in [0, 0.1) is 57.2 Å². The number of hydrogen-bond donors (Lipinski definition) is 5. The quantitative estimate of drug-likeness (QED) is 0.219. The molecule has 0 amide bonds. The van der Waals surface area contributed by atoms with Gasteiger partial charge < -0.3 is 25.3 Å². The van der Waals surface area contributed by atoms with Crippen LogP contribution < -0.4 is 0 Å². The molecule has 9 unspecified atom stereocenters. The van der Waals surface area contributed by atoms with Crippen molar-refractivity contribution in [2.45, 2.75) is 115 Å². The van der Waals surface area contributed by atoms with Gasteiger partial charge in [0.2, 0.25) is 0 Å². The van der Waals surface area contributed by atoms with Gasteiger partial charge in [-0.05, 0) is 112 Å². The highest BCUT2D eigenvalue weighted by Gasteiger charge is 2.70. The number of aliphatic hydroxyl groups is 4. The summed E-state index contributed by atoms with van der Waals surface area (Å²) in [5, 5.41) is 47.3. The van der Waals surface area contributed by atoms with Crippen LogP contribution >= 0.6 is 7.82 Å². The second kappa shape index (κ2) is 12.8. The zero-order valence-corrected chi connectivity index (χ0v) is 33.0. The first-order valence-corrected chi connectivity index (χ1v) is 21.5. The molecule has 13 heteroatoms. The smallest absolute Gasteiger partial charge is 0.393 e. The molecule has 8 aliphatic carbocycles. The van der Waals surface area contributed by atoms with Gasteiger partial charge >= 0.3 is 7.82 Å². The Kier molecular flexibility index (Phi) is 9.17. The third-order valence-corrected chi connectivity index (χ3v) is 17.8. The van der Waals surface area contributed by atoms with Crippen LogP contribution in [0.1, 0.15) is 91.9 Å². The molecule has 300 valence electrons. The minimum atomic E-state index is -5.04. The lowest BCUT2D eigenvalue weighted by Crippen LogP contribution is -2.61. The Morgan fingerprint density at radius 2 is 1.09 bits per heavy atom. The molecule has 8 aliphatic rings. The average molecular weight is 783 g/mol. The Bertz CT molecular complexity index is 1770. The monoisotopic (exact) mass is 782 g/mol. The van der Waals surface area contributed by atoms with E-state index in [0.717, 1.165) is 11.1 Å². The molecule has 0 saturated heterocycles. The SMILES string of the molecule is CC12C=CC(=O)C=C1CCC1[C@H]2C(O)CC2(C)[C@@H]1CC[C@@]2(O)C(=O)COP(=O)(O)OCC(=O)[C@@]1(O)CC[C@H]2C3CCC4=CC(=O)C=CC4(C)[C@H]3C(O)CC21C. The highest BCUT2D eigenvalue weighted by molar-refractivity contribution is 7.47. The Hall–Kier alpha value is -2.41. The summed E-state index contributed by atoms with van der Waals surface area (Å²) in [6, 6.07) is 0. The third-order valence-electron chi connectivity index (χ3n) is 16.9. The van der Waals surface area contributed by atoms with E-state index in [1.54, 1.807) is 38.2 Å². The molecule has 0 radical (unpaired) electrons. The second-order valence-electron chi connectivity index (χ2n) is 19.1. The minimum Gasteiger partial charge on any atom is -0.393 e. The number of rotatable bonds is 8. The summed E-state index contributed by atoms with van der Waals surface area (Å²) in [5.41, 5.74) is -5.05. The summed E-state index contributed by atoms with van der Waals surface area (Å²) < 4.78 is 23.4. The molecule has 0 aromatic heterocycles. The van der Waals surface area contributed by atoms with Crippen molar-refractivity contribution < 1.29 is 58.1 Å². The first kappa shape index (κ1) is 39.4. The van der Waals surface area contributed by atoms with E-state index in [1.165, 1.54) is 0 Å². The molecule has 12 nitrogen and oxygen atoms in total. The topological polar surface area (TPSA) is 205 Å². The fourth-order valence-electron chi connectivity index (χ4n) is 14.1. The highest BCUT2D eigenvalue weighted by Crippen LogP contribution is 2.69. The van der Waals surface area contributed by atoms with Crippen molar-refractivity contribution in [3.63, 3.8) is 0 Å². The van der Waals surface area contributed by atoms with Crippen molar-refractivity contribution in [3.05, 3.63) is 47.6 Å². The molecule has 6 saturated carbocycles. The van der Waals surface area contributed by atoms with Gasteiger partial charge in [-0.15, -0.1) is 0 Å². The van der Waals surface area contributed by atoms with E-state index in [0.29, 0.717) is 38.5 Å². The van der Waals surface area contributed by atoms with Crippen molar-refractivity contribution in [2.75, 3.05) is 13.2 Å². The van der Waals surface area contributed by atoms with Gasteiger partial charge in [0.1, 0.15) is 24.4 Å². The molecule has 0 aromatic carbocycles. The summed E-state index contributed by atoms with van der Waals surface area (Å²) >= 11 is 0. The summed E-state index contributed by atoms with van der Waals surface area (Å²) in [4.78, 5) is 62.5. The standard InChI is InChI=1S/C42H55O12P/c1-37-13-9-25(43)17-23(37)5-7-27-29-11-15-41(49,39(29,3)19-31(45)35(27)37)33(47)21-53-55(51,52)54-22-34(48)42(50)16-12-30-28-8-6-24-18-26(44)10-14-38(24,2)36(28)32(46)20-40(30,42)4/h9-10,13-14,17-18,27-32,35-36,45-46,49-50H,5-8,11-12,15-16,19-22H2,1-4H3,(H,51,52)/t27?,28?,29-,30+,31?,32?,35+,36-,37?,38?,39?,40?,41-,42+. The first-order valence-electron chi connectivity index (χ1n) is 20.0. The van der Waals surface area contributed by atoms with Gasteiger partial charge in [-0.1, -0.05) is 51.0 Å². The van der Waals surface area contributed by atoms with Gasteiger partial charge in [0.05, 0.1) is 12.2 Å². The van der Waals surface area contributed by atoms with Crippen LogP contribution in [0.2, 0.25) is 0 Å². The predicted molar refractivity (Wildman–Crippen MR) is 198 cm³/mol. The molecule has 0 bridgehead atoms. The maximum atomic E-state index is 13.8. The predicted octanol–water partition coefficient (Wildman–Crippen LogP) is 4.28. The van der Waals surface area contributed by atoms with E-state index in [4.69, 9.17) is 9.05 Å². The Morgan fingerprint density at radius 3 is 1.47 bits per heavy atom. The van der Waals surface area contributed by atoms with E-state index in [-0.39, 0.29) is 72.8 Å². The fraction of sp³-hybridized carbons (Fsp3) is 0.714. The molecule has 0 heterocycles. The third kappa shape index (κ3) is 5.52. The number of phosphoric ester groups is 1. The Balaban J connectivity index is 0.914. The molecule has 0 aromatic rings. The average Bonchev–Trinajstić information content (AvgIpc) is 3.55. The summed E-state index contributed by atoms with van der Waals surface area (Å²) in [5.74, 6) is -2.48. The normalized spacial score (nSPS) is 49.3. The molecule has 55 heavy (non-hydrogen) atoms. The Labute approximate surface area is 321 Å². The zero-order valence-electron chi connectivity index (χ0n) is 32.1. The number of carbonyl (C=O) groups is 4. The van der Waals surface area contributed by atoms with Crippen molar-refractivity contribution in [1.29, 1.82) is 0 Å². The lowest BCUT2D eigenvalue weighted by Gasteiger charge is -2.59. The van der Waals surface area contributed by atoms with Crippen LogP contribution in [0.15, 0.2) is 47.6 Å². The highest BCUT2D eigenvalue weighted by atomic mass is 31.2. The number of hydrogen-bond acceptors (Lipinski definition) is 11. The van der Waals surface area contributed by atoms with Gasteiger partial charge in [0.15, 0.2) is 23.1 Å². The Morgan fingerprint density at radius 1 is 0.709 bits per heavy atom. The first-order chi connectivity index (χ1) is 25.6. The lowest BCUT2D eigenvalue weighted by atomic mass is 9.46. The van der Waals surface area contributed by atoms with Gasteiger partial charge in [0.25, 0.3) is 0 Å². The molecule has 15 atom stereocenters. The number of aliphatic hydroxyl groups excluding tert-OH is 2.